The minimum Gasteiger partial charge on any atom is -0.349 e. The second-order valence-electron chi connectivity index (χ2n) is 7.20. The van der Waals surface area contributed by atoms with Crippen molar-refractivity contribution in [3.8, 4) is 0 Å². The minimum absolute atomic E-state index is 0.535. The van der Waals surface area contributed by atoms with E-state index in [0.717, 1.165) is 25.1 Å². The molecule has 1 aliphatic rings. The van der Waals surface area contributed by atoms with E-state index in [0.29, 0.717) is 0 Å². The van der Waals surface area contributed by atoms with Crippen LogP contribution in [0.2, 0.25) is 0 Å². The van der Waals surface area contributed by atoms with Crippen molar-refractivity contribution in [1.29, 1.82) is 0 Å². The summed E-state index contributed by atoms with van der Waals surface area (Å²) in [6, 6.07) is 14.6. The normalized spacial score (nSPS) is 13.7. The van der Waals surface area contributed by atoms with Crippen LogP contribution in [0.4, 0.5) is 0 Å². The molecule has 2 heterocycles. The summed E-state index contributed by atoms with van der Waals surface area (Å²) in [7, 11) is 0. The quantitative estimate of drug-likeness (QED) is 0.206. The SMILES string of the molecule is O=C(/C=C/c1ccc(CNCCc2cccc3c4c([nH]c23)SCCC4)cc1)NO. The lowest BCUT2D eigenvalue weighted by Crippen LogP contribution is -2.16. The van der Waals surface area contributed by atoms with Gasteiger partial charge in [0.1, 0.15) is 0 Å². The summed E-state index contributed by atoms with van der Waals surface area (Å²) in [5.74, 6) is 0.673. The number of nitrogens with one attached hydrogen (secondary N) is 3. The van der Waals surface area contributed by atoms with Crippen molar-refractivity contribution in [3.63, 3.8) is 0 Å². The molecule has 3 aromatic rings. The highest BCUT2D eigenvalue weighted by atomic mass is 32.2. The molecule has 0 spiro atoms. The van der Waals surface area contributed by atoms with E-state index in [2.05, 4.69) is 28.5 Å². The van der Waals surface area contributed by atoms with Gasteiger partial charge in [0.25, 0.3) is 5.91 Å². The van der Waals surface area contributed by atoms with E-state index in [9.17, 15) is 4.79 Å². The van der Waals surface area contributed by atoms with E-state index >= 15 is 0 Å². The Hall–Kier alpha value is -2.54. The molecule has 0 fully saturated rings. The number of H-pyrrole nitrogens is 1. The van der Waals surface area contributed by atoms with E-state index in [4.69, 9.17) is 5.21 Å². The number of rotatable bonds is 7. The Balaban J connectivity index is 1.32. The molecule has 150 valence electrons. The Kier molecular flexibility index (Phi) is 6.34. The lowest BCUT2D eigenvalue weighted by molar-refractivity contribution is -0.124. The molecule has 6 heteroatoms. The zero-order valence-corrected chi connectivity index (χ0v) is 17.0. The molecule has 4 rings (SSSR count). The summed E-state index contributed by atoms with van der Waals surface area (Å²) in [5, 5.41) is 14.8. The first-order valence-corrected chi connectivity index (χ1v) is 10.9. The number of thioether (sulfide) groups is 1. The molecule has 1 aromatic heterocycles. The number of carbonyl (C=O) groups excluding carboxylic acids is 1. The first-order valence-electron chi connectivity index (χ1n) is 9.91. The van der Waals surface area contributed by atoms with Crippen LogP contribution in [0.1, 0.15) is 28.7 Å². The zero-order chi connectivity index (χ0) is 20.1. The molecule has 0 unspecified atom stereocenters. The van der Waals surface area contributed by atoms with Crippen molar-refractivity contribution in [2.75, 3.05) is 12.3 Å². The van der Waals surface area contributed by atoms with Gasteiger partial charge >= 0.3 is 0 Å². The second kappa shape index (κ2) is 9.31. The molecule has 0 saturated carbocycles. The Morgan fingerprint density at radius 1 is 1.21 bits per heavy atom. The molecule has 0 radical (unpaired) electrons. The van der Waals surface area contributed by atoms with Gasteiger partial charge in [-0.05, 0) is 59.9 Å². The minimum atomic E-state index is -0.535. The van der Waals surface area contributed by atoms with Gasteiger partial charge in [0.2, 0.25) is 0 Å². The van der Waals surface area contributed by atoms with Gasteiger partial charge in [-0.2, -0.15) is 0 Å². The highest BCUT2D eigenvalue weighted by Crippen LogP contribution is 2.36. The fourth-order valence-corrected chi connectivity index (χ4v) is 4.78. The average Bonchev–Trinajstić information content (AvgIpc) is 3.15. The van der Waals surface area contributed by atoms with Crippen LogP contribution in [0, 0.1) is 0 Å². The maximum Gasteiger partial charge on any atom is 0.267 e. The Morgan fingerprint density at radius 3 is 2.90 bits per heavy atom. The van der Waals surface area contributed by atoms with Crippen molar-refractivity contribution in [2.24, 2.45) is 0 Å². The molecule has 1 aliphatic heterocycles. The average molecular weight is 408 g/mol. The van der Waals surface area contributed by atoms with E-state index in [-0.39, 0.29) is 0 Å². The monoisotopic (exact) mass is 407 g/mol. The van der Waals surface area contributed by atoms with Gasteiger partial charge in [0, 0.05) is 23.5 Å². The van der Waals surface area contributed by atoms with Gasteiger partial charge in [0.05, 0.1) is 5.03 Å². The van der Waals surface area contributed by atoms with E-state index in [1.165, 1.54) is 57.3 Å². The van der Waals surface area contributed by atoms with Gasteiger partial charge < -0.3 is 10.3 Å². The number of aromatic amines is 1. The van der Waals surface area contributed by atoms with E-state index in [1.807, 2.05) is 36.0 Å². The predicted octanol–water partition coefficient (Wildman–Crippen LogP) is 4.06. The number of hydrogen-bond acceptors (Lipinski definition) is 4. The molecule has 5 nitrogen and oxygen atoms in total. The molecule has 0 aliphatic carbocycles. The Bertz CT molecular complexity index is 1020. The number of aromatic nitrogens is 1. The van der Waals surface area contributed by atoms with Crippen LogP contribution in [0.5, 0.6) is 0 Å². The van der Waals surface area contributed by atoms with Crippen LogP contribution in [0.15, 0.2) is 53.6 Å². The van der Waals surface area contributed by atoms with Gasteiger partial charge in [-0.25, -0.2) is 5.48 Å². The molecule has 4 N–H and O–H groups in total. The molecule has 0 atom stereocenters. The third-order valence-electron chi connectivity index (χ3n) is 5.22. The number of aryl methyl sites for hydroxylation is 1. The lowest BCUT2D eigenvalue weighted by Gasteiger charge is -2.09. The first-order chi connectivity index (χ1) is 14.2. The highest BCUT2D eigenvalue weighted by Gasteiger charge is 2.17. The van der Waals surface area contributed by atoms with E-state index in [1.54, 1.807) is 11.6 Å². The van der Waals surface area contributed by atoms with Crippen molar-refractivity contribution < 1.29 is 10.0 Å². The van der Waals surface area contributed by atoms with Crippen molar-refractivity contribution in [2.45, 2.75) is 30.8 Å². The summed E-state index contributed by atoms with van der Waals surface area (Å²) in [4.78, 5) is 14.7. The van der Waals surface area contributed by atoms with Crippen LogP contribution < -0.4 is 10.8 Å². The number of fused-ring (bicyclic) bond motifs is 3. The second-order valence-corrected chi connectivity index (χ2v) is 8.31. The van der Waals surface area contributed by atoms with Crippen LogP contribution in [-0.2, 0) is 24.2 Å². The van der Waals surface area contributed by atoms with Crippen molar-refractivity contribution in [3.05, 3.63) is 70.8 Å². The smallest absolute Gasteiger partial charge is 0.267 e. The van der Waals surface area contributed by atoms with Gasteiger partial charge in [-0.15, -0.1) is 11.8 Å². The molecular formula is C23H25N3O2S. The number of hydroxylamine groups is 1. The molecule has 0 saturated heterocycles. The number of amides is 1. The van der Waals surface area contributed by atoms with Crippen LogP contribution in [0.25, 0.3) is 17.0 Å². The standard InChI is InChI=1S/C23H25N3O2S/c27-21(26-28)11-10-16-6-8-17(9-7-16)15-24-13-12-18-3-1-4-19-20-5-2-14-29-23(20)25-22(18)19/h1,3-4,6-11,24-25,28H,2,5,12-15H2,(H,26,27)/b11-10+. The molecule has 1 amide bonds. The summed E-state index contributed by atoms with van der Waals surface area (Å²) >= 11 is 1.95. The fraction of sp³-hybridized carbons (Fsp3) is 0.261. The maximum absolute atomic E-state index is 11.0. The number of carbonyl (C=O) groups is 1. The first kappa shape index (κ1) is 19.8. The lowest BCUT2D eigenvalue weighted by atomic mass is 10.0. The summed E-state index contributed by atoms with van der Waals surface area (Å²) in [6.45, 7) is 1.71. The maximum atomic E-state index is 11.0. The van der Waals surface area contributed by atoms with Crippen molar-refractivity contribution in [1.82, 2.24) is 15.8 Å². The number of benzene rings is 2. The zero-order valence-electron chi connectivity index (χ0n) is 16.2. The molecule has 0 bridgehead atoms. The Labute approximate surface area is 174 Å². The number of hydrogen-bond donors (Lipinski definition) is 4. The van der Waals surface area contributed by atoms with Crippen LogP contribution >= 0.6 is 11.8 Å². The van der Waals surface area contributed by atoms with Crippen molar-refractivity contribution >= 4 is 34.6 Å². The third-order valence-corrected chi connectivity index (χ3v) is 6.35. The van der Waals surface area contributed by atoms with Gasteiger partial charge in [-0.1, -0.05) is 42.5 Å². The third kappa shape index (κ3) is 4.72. The summed E-state index contributed by atoms with van der Waals surface area (Å²) < 4.78 is 0. The van der Waals surface area contributed by atoms with Crippen LogP contribution in [0.3, 0.4) is 0 Å². The summed E-state index contributed by atoms with van der Waals surface area (Å²) in [5.41, 5.74) is 7.86. The van der Waals surface area contributed by atoms with E-state index < -0.39 is 5.91 Å². The highest BCUT2D eigenvalue weighted by molar-refractivity contribution is 7.99. The topological polar surface area (TPSA) is 77.2 Å². The molecule has 29 heavy (non-hydrogen) atoms. The number of para-hydroxylation sites is 1. The largest absolute Gasteiger partial charge is 0.349 e. The molecular weight excluding hydrogens is 382 g/mol. The Morgan fingerprint density at radius 2 is 2.07 bits per heavy atom. The predicted molar refractivity (Wildman–Crippen MR) is 118 cm³/mol. The molecule has 2 aromatic carbocycles. The van der Waals surface area contributed by atoms with Gasteiger partial charge in [-0.3, -0.25) is 10.0 Å². The summed E-state index contributed by atoms with van der Waals surface area (Å²) in [6.07, 6.45) is 6.39. The van der Waals surface area contributed by atoms with Gasteiger partial charge in [0.15, 0.2) is 0 Å². The van der Waals surface area contributed by atoms with Crippen LogP contribution in [-0.4, -0.2) is 28.4 Å². The fourth-order valence-electron chi connectivity index (χ4n) is 3.72.